The molecule has 0 bridgehead atoms. The summed E-state index contributed by atoms with van der Waals surface area (Å²) in [6.07, 6.45) is 0. The minimum absolute atomic E-state index is 0.0544. The first-order valence-electron chi connectivity index (χ1n) is 6.02. The second-order valence-electron chi connectivity index (χ2n) is 4.57. The average Bonchev–Trinajstić information content (AvgIpc) is 2.37. The minimum atomic E-state index is -3.98. The van der Waals surface area contributed by atoms with E-state index in [4.69, 9.17) is 0 Å². The van der Waals surface area contributed by atoms with Crippen LogP contribution in [0.5, 0.6) is 0 Å². The number of benzene rings is 1. The van der Waals surface area contributed by atoms with Gasteiger partial charge in [0.2, 0.25) is 0 Å². The molecule has 0 saturated heterocycles. The molecule has 0 amide bonds. The van der Waals surface area contributed by atoms with E-state index < -0.39 is 26.5 Å². The quantitative estimate of drug-likeness (QED) is 0.478. The van der Waals surface area contributed by atoms with Crippen molar-refractivity contribution in [1.29, 1.82) is 0 Å². The van der Waals surface area contributed by atoms with E-state index in [2.05, 4.69) is 10.1 Å². The van der Waals surface area contributed by atoms with Gasteiger partial charge in [0.1, 0.15) is 5.69 Å². The monoisotopic (exact) mass is 316 g/mol. The van der Waals surface area contributed by atoms with Crippen molar-refractivity contribution in [2.45, 2.75) is 24.8 Å². The van der Waals surface area contributed by atoms with Crippen LogP contribution in [0.25, 0.3) is 0 Å². The van der Waals surface area contributed by atoms with Gasteiger partial charge in [-0.15, -0.1) is 0 Å². The summed E-state index contributed by atoms with van der Waals surface area (Å²) < 4.78 is 28.2. The Bertz CT molecular complexity index is 654. The molecule has 1 rings (SSSR count). The summed E-state index contributed by atoms with van der Waals surface area (Å²) in [4.78, 5) is 21.1. The Balaban J connectivity index is 3.25. The Morgan fingerprint density at radius 3 is 2.52 bits per heavy atom. The van der Waals surface area contributed by atoms with Crippen LogP contribution in [0, 0.1) is 10.1 Å². The number of carbonyl (C=O) groups is 1. The summed E-state index contributed by atoms with van der Waals surface area (Å²) in [7, 11) is -2.91. The minimum Gasteiger partial charge on any atom is -0.468 e. The number of ether oxygens (including phenoxy) is 1. The molecule has 0 unspecified atom stereocenters. The third kappa shape index (κ3) is 4.42. The molecule has 1 aromatic carbocycles. The second-order valence-corrected chi connectivity index (χ2v) is 6.56. The van der Waals surface area contributed by atoms with Crippen molar-refractivity contribution >= 4 is 27.2 Å². The number of rotatable bonds is 6. The lowest BCUT2D eigenvalue weighted by Gasteiger charge is -2.11. The van der Waals surface area contributed by atoms with Gasteiger partial charge in [0, 0.05) is 12.1 Å². The third-order valence-corrected chi connectivity index (χ3v) is 4.09. The highest BCUT2D eigenvalue weighted by atomic mass is 32.2. The van der Waals surface area contributed by atoms with Crippen LogP contribution in [0.2, 0.25) is 0 Å². The number of anilines is 1. The van der Waals surface area contributed by atoms with Crippen molar-refractivity contribution in [2.24, 2.45) is 0 Å². The number of esters is 1. The fraction of sp³-hybridized carbons (Fsp3) is 0.417. The van der Waals surface area contributed by atoms with E-state index >= 15 is 0 Å². The average molecular weight is 316 g/mol. The molecule has 9 heteroatoms. The van der Waals surface area contributed by atoms with E-state index in [0.717, 1.165) is 13.2 Å². The molecule has 0 fully saturated rings. The van der Waals surface area contributed by atoms with Crippen LogP contribution in [-0.4, -0.2) is 38.2 Å². The Kier molecular flexibility index (Phi) is 5.25. The fourth-order valence-electron chi connectivity index (χ4n) is 1.59. The van der Waals surface area contributed by atoms with Gasteiger partial charge < -0.3 is 10.1 Å². The van der Waals surface area contributed by atoms with Crippen LogP contribution in [0.1, 0.15) is 13.8 Å². The smallest absolute Gasteiger partial charge is 0.321 e. The SMILES string of the molecule is COC(=O)CS(=O)(=O)c1ccc(NC(C)C)c([N+](=O)[O-])c1. The standard InChI is InChI=1S/C12H16N2O6S/c1-8(2)13-10-5-4-9(6-11(10)14(16)17)21(18,19)7-12(15)20-3/h4-6,8,13H,7H2,1-3H3. The predicted octanol–water partition coefficient (Wildman–Crippen LogP) is 1.36. The zero-order chi connectivity index (χ0) is 16.2. The van der Waals surface area contributed by atoms with Gasteiger partial charge in [-0.25, -0.2) is 8.42 Å². The lowest BCUT2D eigenvalue weighted by Crippen LogP contribution is -2.18. The molecule has 0 heterocycles. The number of nitro groups is 1. The summed E-state index contributed by atoms with van der Waals surface area (Å²) in [5.74, 6) is -1.79. The van der Waals surface area contributed by atoms with E-state index in [9.17, 15) is 23.3 Å². The van der Waals surface area contributed by atoms with Crippen molar-refractivity contribution in [3.05, 3.63) is 28.3 Å². The third-order valence-electron chi connectivity index (χ3n) is 2.50. The van der Waals surface area contributed by atoms with E-state index in [0.29, 0.717) is 0 Å². The summed E-state index contributed by atoms with van der Waals surface area (Å²) in [5, 5.41) is 13.9. The highest BCUT2D eigenvalue weighted by Gasteiger charge is 2.24. The van der Waals surface area contributed by atoms with Gasteiger partial charge in [-0.05, 0) is 26.0 Å². The first-order chi connectivity index (χ1) is 9.67. The number of nitrogens with one attached hydrogen (secondary N) is 1. The largest absolute Gasteiger partial charge is 0.468 e. The normalized spacial score (nSPS) is 11.2. The first kappa shape index (κ1) is 16.9. The summed E-state index contributed by atoms with van der Waals surface area (Å²) in [6.45, 7) is 3.59. The van der Waals surface area contributed by atoms with Crippen LogP contribution in [-0.2, 0) is 19.4 Å². The van der Waals surface area contributed by atoms with Crippen molar-refractivity contribution < 1.29 is 22.9 Å². The molecule has 0 aromatic heterocycles. The van der Waals surface area contributed by atoms with Crippen molar-refractivity contribution in [3.63, 3.8) is 0 Å². The maximum atomic E-state index is 12.0. The zero-order valence-electron chi connectivity index (χ0n) is 11.8. The highest BCUT2D eigenvalue weighted by molar-refractivity contribution is 7.92. The summed E-state index contributed by atoms with van der Waals surface area (Å²) in [6, 6.07) is 3.41. The molecule has 0 saturated carbocycles. The fourth-order valence-corrected chi connectivity index (χ4v) is 2.75. The van der Waals surface area contributed by atoms with Gasteiger partial charge in [0.25, 0.3) is 5.69 Å². The summed E-state index contributed by atoms with van der Waals surface area (Å²) >= 11 is 0. The highest BCUT2D eigenvalue weighted by Crippen LogP contribution is 2.28. The van der Waals surface area contributed by atoms with E-state index in [1.54, 1.807) is 13.8 Å². The van der Waals surface area contributed by atoms with Gasteiger partial charge in [-0.1, -0.05) is 0 Å². The predicted molar refractivity (Wildman–Crippen MR) is 75.9 cm³/mol. The Labute approximate surface area is 122 Å². The lowest BCUT2D eigenvalue weighted by molar-refractivity contribution is -0.384. The van der Waals surface area contributed by atoms with Crippen molar-refractivity contribution in [2.75, 3.05) is 18.2 Å². The number of nitro benzene ring substituents is 1. The number of hydrogen-bond acceptors (Lipinski definition) is 7. The van der Waals surface area contributed by atoms with E-state index in [1.165, 1.54) is 12.1 Å². The first-order valence-corrected chi connectivity index (χ1v) is 7.67. The number of nitrogens with zero attached hydrogens (tertiary/aromatic N) is 1. The van der Waals surface area contributed by atoms with Crippen molar-refractivity contribution in [3.8, 4) is 0 Å². The zero-order valence-corrected chi connectivity index (χ0v) is 12.6. The van der Waals surface area contributed by atoms with E-state index in [-0.39, 0.29) is 22.3 Å². The Morgan fingerprint density at radius 2 is 2.05 bits per heavy atom. The van der Waals surface area contributed by atoms with Gasteiger partial charge in [-0.3, -0.25) is 14.9 Å². The number of methoxy groups -OCH3 is 1. The molecule has 1 aromatic rings. The second kappa shape index (κ2) is 6.53. The molecular formula is C12H16N2O6S. The summed E-state index contributed by atoms with van der Waals surface area (Å²) in [5.41, 5.74) is -0.151. The molecule has 1 N–H and O–H groups in total. The number of hydrogen-bond donors (Lipinski definition) is 1. The van der Waals surface area contributed by atoms with Crippen LogP contribution in [0.3, 0.4) is 0 Å². The molecule has 21 heavy (non-hydrogen) atoms. The molecular weight excluding hydrogens is 300 g/mol. The van der Waals surface area contributed by atoms with Gasteiger partial charge in [0.15, 0.2) is 15.6 Å². The number of carbonyl (C=O) groups excluding carboxylic acids is 1. The van der Waals surface area contributed by atoms with Crippen LogP contribution in [0.4, 0.5) is 11.4 Å². The van der Waals surface area contributed by atoms with Crippen LogP contribution < -0.4 is 5.32 Å². The maximum Gasteiger partial charge on any atom is 0.321 e. The Hall–Kier alpha value is -2.16. The Morgan fingerprint density at radius 1 is 1.43 bits per heavy atom. The number of sulfone groups is 1. The molecule has 0 aliphatic carbocycles. The van der Waals surface area contributed by atoms with Crippen LogP contribution in [0.15, 0.2) is 23.1 Å². The molecule has 0 spiro atoms. The van der Waals surface area contributed by atoms with Crippen molar-refractivity contribution in [1.82, 2.24) is 0 Å². The molecule has 0 atom stereocenters. The molecule has 0 aliphatic rings. The van der Waals surface area contributed by atoms with Gasteiger partial charge in [-0.2, -0.15) is 0 Å². The van der Waals surface area contributed by atoms with E-state index in [1.807, 2.05) is 0 Å². The van der Waals surface area contributed by atoms with Gasteiger partial charge in [0.05, 0.1) is 16.9 Å². The van der Waals surface area contributed by atoms with Crippen LogP contribution >= 0.6 is 0 Å². The molecule has 8 nitrogen and oxygen atoms in total. The maximum absolute atomic E-state index is 12.0. The topological polar surface area (TPSA) is 116 Å². The lowest BCUT2D eigenvalue weighted by atomic mass is 10.2. The molecule has 116 valence electrons. The van der Waals surface area contributed by atoms with Gasteiger partial charge >= 0.3 is 5.97 Å². The molecule has 0 radical (unpaired) electrons. The molecule has 0 aliphatic heterocycles.